The van der Waals surface area contributed by atoms with Crippen molar-refractivity contribution in [1.82, 2.24) is 14.3 Å². The zero-order valence-corrected chi connectivity index (χ0v) is 10.3. The van der Waals surface area contributed by atoms with Crippen molar-refractivity contribution in [1.29, 1.82) is 0 Å². The number of rotatable bonds is 6. The van der Waals surface area contributed by atoms with Crippen molar-refractivity contribution in [3.8, 4) is 0 Å². The first kappa shape index (κ1) is 13.5. The van der Waals surface area contributed by atoms with Gasteiger partial charge in [-0.2, -0.15) is 12.7 Å². The van der Waals surface area contributed by atoms with Crippen molar-refractivity contribution in [2.75, 3.05) is 25.4 Å². The Morgan fingerprint density at radius 1 is 1.65 bits per heavy atom. The molecule has 0 radical (unpaired) electrons. The molecular formula is C8H14N4O4S. The lowest BCUT2D eigenvalue weighted by molar-refractivity contribution is -0.140. The van der Waals surface area contributed by atoms with E-state index in [2.05, 4.69) is 19.4 Å². The first-order valence-corrected chi connectivity index (χ1v) is 6.20. The zero-order valence-electron chi connectivity index (χ0n) is 9.50. The first-order valence-electron chi connectivity index (χ1n) is 4.76. The van der Waals surface area contributed by atoms with Gasteiger partial charge in [-0.3, -0.25) is 4.79 Å². The minimum Gasteiger partial charge on any atom is -0.469 e. The normalized spacial score (nSPS) is 11.5. The molecular weight excluding hydrogens is 248 g/mol. The van der Waals surface area contributed by atoms with Crippen LogP contribution in [0.15, 0.2) is 12.4 Å². The third-order valence-electron chi connectivity index (χ3n) is 1.99. The average Bonchev–Trinajstić information content (AvgIpc) is 2.77. The van der Waals surface area contributed by atoms with E-state index in [-0.39, 0.29) is 18.9 Å². The van der Waals surface area contributed by atoms with Crippen LogP contribution in [0.3, 0.4) is 0 Å². The summed E-state index contributed by atoms with van der Waals surface area (Å²) in [4.78, 5) is 17.2. The number of nitrogens with one attached hydrogen (secondary N) is 2. The summed E-state index contributed by atoms with van der Waals surface area (Å²) in [6.45, 7) is 0.0305. The summed E-state index contributed by atoms with van der Waals surface area (Å²) < 4.78 is 31.0. The molecule has 2 N–H and O–H groups in total. The maximum absolute atomic E-state index is 11.7. The molecule has 0 aromatic carbocycles. The van der Waals surface area contributed by atoms with Crippen LogP contribution in [0.1, 0.15) is 6.42 Å². The number of H-pyrrole nitrogens is 1. The van der Waals surface area contributed by atoms with Crippen molar-refractivity contribution in [2.24, 2.45) is 0 Å². The van der Waals surface area contributed by atoms with Gasteiger partial charge in [0.05, 0.1) is 13.5 Å². The minimum atomic E-state index is -3.71. The molecule has 1 rings (SSSR count). The lowest BCUT2D eigenvalue weighted by Gasteiger charge is -2.16. The lowest BCUT2D eigenvalue weighted by Crippen LogP contribution is -2.34. The number of nitrogens with zero attached hydrogens (tertiary/aromatic N) is 2. The van der Waals surface area contributed by atoms with Crippen molar-refractivity contribution in [3.05, 3.63) is 12.4 Å². The van der Waals surface area contributed by atoms with E-state index in [1.807, 2.05) is 0 Å². The maximum Gasteiger partial charge on any atom is 0.306 e. The molecule has 1 aromatic heterocycles. The second-order valence-electron chi connectivity index (χ2n) is 3.19. The number of ether oxygens (including phenoxy) is 1. The molecule has 0 aliphatic carbocycles. The predicted molar refractivity (Wildman–Crippen MR) is 60.4 cm³/mol. The summed E-state index contributed by atoms with van der Waals surface area (Å²) in [5.74, 6) is -0.347. The molecule has 1 aromatic rings. The van der Waals surface area contributed by atoms with E-state index in [1.54, 1.807) is 0 Å². The van der Waals surface area contributed by atoms with Crippen molar-refractivity contribution in [3.63, 3.8) is 0 Å². The smallest absolute Gasteiger partial charge is 0.306 e. The standard InChI is InChI=1S/C8H14N4O4S/c1-12(6-3-7(13)16-2)17(14,15)11-8-9-4-5-10-8/h4-5H,3,6H2,1-2H3,(H2,9,10,11). The van der Waals surface area contributed by atoms with Gasteiger partial charge in [0.15, 0.2) is 0 Å². The number of aromatic nitrogens is 2. The molecule has 0 saturated carbocycles. The quantitative estimate of drug-likeness (QED) is 0.676. The van der Waals surface area contributed by atoms with E-state index in [0.29, 0.717) is 0 Å². The number of carbonyl (C=O) groups excluding carboxylic acids is 1. The van der Waals surface area contributed by atoms with Gasteiger partial charge in [-0.05, 0) is 0 Å². The Morgan fingerprint density at radius 2 is 2.35 bits per heavy atom. The number of carbonyl (C=O) groups is 1. The molecule has 0 amide bonds. The van der Waals surface area contributed by atoms with Gasteiger partial charge in [-0.15, -0.1) is 0 Å². The lowest BCUT2D eigenvalue weighted by atomic mass is 10.4. The van der Waals surface area contributed by atoms with Crippen LogP contribution in [-0.2, 0) is 19.7 Å². The highest BCUT2D eigenvalue weighted by Crippen LogP contribution is 2.04. The molecule has 0 atom stereocenters. The van der Waals surface area contributed by atoms with E-state index < -0.39 is 16.2 Å². The number of imidazole rings is 1. The predicted octanol–water partition coefficient (Wildman–Crippen LogP) is -0.439. The summed E-state index contributed by atoms with van der Waals surface area (Å²) in [6.07, 6.45) is 2.91. The summed E-state index contributed by atoms with van der Waals surface area (Å²) in [5.41, 5.74) is 0. The monoisotopic (exact) mass is 262 g/mol. The van der Waals surface area contributed by atoms with Gasteiger partial charge >= 0.3 is 16.2 Å². The Hall–Kier alpha value is -1.61. The van der Waals surface area contributed by atoms with Crippen LogP contribution in [0.5, 0.6) is 0 Å². The molecule has 0 aliphatic rings. The number of aromatic amines is 1. The van der Waals surface area contributed by atoms with E-state index in [1.165, 1.54) is 26.6 Å². The summed E-state index contributed by atoms with van der Waals surface area (Å²) in [7, 11) is -1.10. The Morgan fingerprint density at radius 3 is 2.88 bits per heavy atom. The third kappa shape index (κ3) is 4.04. The second kappa shape index (κ2) is 5.64. The van der Waals surface area contributed by atoms with Crippen molar-refractivity contribution >= 4 is 22.1 Å². The molecule has 96 valence electrons. The fraction of sp³-hybridized carbons (Fsp3) is 0.500. The van der Waals surface area contributed by atoms with E-state index >= 15 is 0 Å². The number of anilines is 1. The second-order valence-corrected chi connectivity index (χ2v) is 4.97. The average molecular weight is 262 g/mol. The Balaban J connectivity index is 2.55. The fourth-order valence-electron chi connectivity index (χ4n) is 0.992. The van der Waals surface area contributed by atoms with Gasteiger partial charge in [0.2, 0.25) is 5.95 Å². The third-order valence-corrected chi connectivity index (χ3v) is 3.45. The Kier molecular flexibility index (Phi) is 4.46. The van der Waals surface area contributed by atoms with Gasteiger partial charge in [-0.25, -0.2) is 9.71 Å². The first-order chi connectivity index (χ1) is 7.95. The number of hydrogen-bond acceptors (Lipinski definition) is 5. The molecule has 9 heteroatoms. The van der Waals surface area contributed by atoms with Gasteiger partial charge in [0, 0.05) is 26.0 Å². The van der Waals surface area contributed by atoms with Crippen LogP contribution in [-0.4, -0.2) is 49.4 Å². The summed E-state index contributed by atoms with van der Waals surface area (Å²) in [6, 6.07) is 0. The Labute approximate surface area is 99.2 Å². The minimum absolute atomic E-state index is 0.00787. The highest BCUT2D eigenvalue weighted by Gasteiger charge is 2.19. The van der Waals surface area contributed by atoms with Crippen LogP contribution >= 0.6 is 0 Å². The molecule has 0 bridgehead atoms. The SMILES string of the molecule is COC(=O)CCN(C)S(=O)(=O)Nc1ncc[nH]1. The van der Waals surface area contributed by atoms with Crippen LogP contribution in [0.4, 0.5) is 5.95 Å². The van der Waals surface area contributed by atoms with Crippen LogP contribution < -0.4 is 4.72 Å². The zero-order chi connectivity index (χ0) is 12.9. The van der Waals surface area contributed by atoms with Crippen LogP contribution in [0, 0.1) is 0 Å². The molecule has 0 saturated heterocycles. The van der Waals surface area contributed by atoms with Crippen molar-refractivity contribution in [2.45, 2.75) is 6.42 Å². The van der Waals surface area contributed by atoms with E-state index in [0.717, 1.165) is 4.31 Å². The van der Waals surface area contributed by atoms with Crippen molar-refractivity contribution < 1.29 is 17.9 Å². The molecule has 0 spiro atoms. The van der Waals surface area contributed by atoms with Crippen LogP contribution in [0.25, 0.3) is 0 Å². The largest absolute Gasteiger partial charge is 0.469 e. The fourth-order valence-corrected chi connectivity index (χ4v) is 1.84. The number of hydrogen-bond donors (Lipinski definition) is 2. The summed E-state index contributed by atoms with van der Waals surface area (Å²) >= 11 is 0. The van der Waals surface area contributed by atoms with Gasteiger partial charge < -0.3 is 9.72 Å². The molecule has 8 nitrogen and oxygen atoms in total. The highest BCUT2D eigenvalue weighted by molar-refractivity contribution is 7.90. The molecule has 0 aliphatic heterocycles. The van der Waals surface area contributed by atoms with E-state index in [4.69, 9.17) is 0 Å². The molecule has 0 fully saturated rings. The number of methoxy groups -OCH3 is 1. The van der Waals surface area contributed by atoms with Gasteiger partial charge in [0.1, 0.15) is 0 Å². The summed E-state index contributed by atoms with van der Waals surface area (Å²) in [5, 5.41) is 0. The van der Waals surface area contributed by atoms with Crippen LogP contribution in [0.2, 0.25) is 0 Å². The molecule has 0 unspecified atom stereocenters. The Bertz CT molecular complexity index is 456. The van der Waals surface area contributed by atoms with Gasteiger partial charge in [0.25, 0.3) is 0 Å². The highest BCUT2D eigenvalue weighted by atomic mass is 32.2. The topological polar surface area (TPSA) is 104 Å². The molecule has 1 heterocycles. The number of esters is 1. The maximum atomic E-state index is 11.7. The van der Waals surface area contributed by atoms with E-state index in [9.17, 15) is 13.2 Å². The van der Waals surface area contributed by atoms with Gasteiger partial charge in [-0.1, -0.05) is 0 Å². The molecule has 17 heavy (non-hydrogen) atoms.